The van der Waals surface area contributed by atoms with Crippen LogP contribution in [0.15, 0.2) is 54.9 Å². The summed E-state index contributed by atoms with van der Waals surface area (Å²) in [6, 6.07) is 14.5. The molecule has 0 spiro atoms. The van der Waals surface area contributed by atoms with Gasteiger partial charge >= 0.3 is 0 Å². The average molecular weight is 244 g/mol. The highest BCUT2D eigenvalue weighted by molar-refractivity contribution is 5.92. The third-order valence-electron chi connectivity index (χ3n) is 3.08. The average Bonchev–Trinajstić information content (AvgIpc) is 3.01. The summed E-state index contributed by atoms with van der Waals surface area (Å²) in [6.45, 7) is 0. The molecular weight excluding hydrogens is 230 g/mol. The number of rotatable bonds is 3. The van der Waals surface area contributed by atoms with Crippen LogP contribution in [-0.2, 0) is 0 Å². The molecule has 1 heterocycles. The Labute approximate surface area is 115 Å². The number of benzene rings is 1. The van der Waals surface area contributed by atoms with Crippen molar-refractivity contribution in [1.29, 1.82) is 0 Å². The van der Waals surface area contributed by atoms with Crippen molar-refractivity contribution in [2.45, 2.75) is 0 Å². The Morgan fingerprint density at radius 1 is 0.842 bits per heavy atom. The van der Waals surface area contributed by atoms with Crippen LogP contribution in [0.3, 0.4) is 0 Å². The molecule has 3 rings (SSSR count). The summed E-state index contributed by atoms with van der Waals surface area (Å²) in [5.74, 6) is 1.24. The molecular formula is C18H14N. The molecule has 1 aliphatic rings. The fourth-order valence-electron chi connectivity index (χ4n) is 2.13. The third-order valence-corrected chi connectivity index (χ3v) is 3.08. The van der Waals surface area contributed by atoms with Gasteiger partial charge in [-0.05, 0) is 54.5 Å². The smallest absolute Gasteiger partial charge is 0.0273 e. The van der Waals surface area contributed by atoms with E-state index >= 15 is 0 Å². The summed E-state index contributed by atoms with van der Waals surface area (Å²) in [4.78, 5) is 4.06. The molecule has 1 heteroatoms. The van der Waals surface area contributed by atoms with Crippen molar-refractivity contribution in [3.05, 3.63) is 97.6 Å². The highest BCUT2D eigenvalue weighted by atomic mass is 14.6. The van der Waals surface area contributed by atoms with Crippen LogP contribution in [-0.4, -0.2) is 4.98 Å². The molecule has 0 atom stereocenters. The Balaban J connectivity index is 1.99. The van der Waals surface area contributed by atoms with Crippen LogP contribution < -0.4 is 0 Å². The molecule has 19 heavy (non-hydrogen) atoms. The number of hydrogen-bond acceptors (Lipinski definition) is 1. The molecule has 1 saturated carbocycles. The van der Waals surface area contributed by atoms with Crippen LogP contribution in [0.2, 0.25) is 0 Å². The molecule has 1 nitrogen and oxygen atoms in total. The monoisotopic (exact) mass is 244 g/mol. The molecule has 91 valence electrons. The summed E-state index contributed by atoms with van der Waals surface area (Å²) in [6.07, 6.45) is 14.3. The number of allylic oxidation sites excluding steroid dienone is 1. The minimum Gasteiger partial charge on any atom is -0.265 e. The Hall–Kier alpha value is -1.89. The van der Waals surface area contributed by atoms with E-state index in [0.29, 0.717) is 0 Å². The van der Waals surface area contributed by atoms with Crippen molar-refractivity contribution in [1.82, 2.24) is 4.98 Å². The maximum Gasteiger partial charge on any atom is 0.0273 e. The summed E-state index contributed by atoms with van der Waals surface area (Å²) >= 11 is 0. The van der Waals surface area contributed by atoms with Gasteiger partial charge in [-0.1, -0.05) is 36.4 Å². The predicted octanol–water partition coefficient (Wildman–Crippen LogP) is 4.03. The van der Waals surface area contributed by atoms with Gasteiger partial charge in [0, 0.05) is 18.3 Å². The first-order chi connectivity index (χ1) is 9.43. The molecule has 0 N–H and O–H groups in total. The molecule has 0 aliphatic heterocycles. The van der Waals surface area contributed by atoms with Crippen molar-refractivity contribution >= 4 is 11.6 Å². The van der Waals surface area contributed by atoms with Gasteiger partial charge in [0.1, 0.15) is 0 Å². The van der Waals surface area contributed by atoms with Crippen LogP contribution >= 0.6 is 0 Å². The molecule has 0 unspecified atom stereocenters. The van der Waals surface area contributed by atoms with E-state index in [1.54, 1.807) is 0 Å². The van der Waals surface area contributed by atoms with E-state index < -0.39 is 0 Å². The molecule has 1 fully saturated rings. The van der Waals surface area contributed by atoms with E-state index in [2.05, 4.69) is 61.0 Å². The molecule has 1 aromatic heterocycles. The molecule has 0 amide bonds. The number of hydrogen-bond donors (Lipinski definition) is 0. The van der Waals surface area contributed by atoms with Gasteiger partial charge in [0.05, 0.1) is 0 Å². The van der Waals surface area contributed by atoms with E-state index in [9.17, 15) is 0 Å². The second kappa shape index (κ2) is 5.83. The van der Waals surface area contributed by atoms with Gasteiger partial charge in [0.2, 0.25) is 0 Å². The van der Waals surface area contributed by atoms with Crippen LogP contribution in [0.1, 0.15) is 11.1 Å². The lowest BCUT2D eigenvalue weighted by Crippen LogP contribution is -1.97. The van der Waals surface area contributed by atoms with Gasteiger partial charge in [0.15, 0.2) is 0 Å². The first kappa shape index (κ1) is 12.2. The SMILES string of the molecule is [CH]1[CH][CH][C](/C(=C/c2ccncc2)c2ccccc2)[CH]1. The summed E-state index contributed by atoms with van der Waals surface area (Å²) in [7, 11) is 0. The van der Waals surface area contributed by atoms with Crippen molar-refractivity contribution in [2.75, 3.05) is 0 Å². The molecule has 2 aromatic rings. The lowest BCUT2D eigenvalue weighted by atomic mass is 9.90. The lowest BCUT2D eigenvalue weighted by Gasteiger charge is -2.14. The van der Waals surface area contributed by atoms with Crippen molar-refractivity contribution in [3.63, 3.8) is 0 Å². The zero-order valence-electron chi connectivity index (χ0n) is 10.5. The first-order valence-corrected chi connectivity index (χ1v) is 6.33. The summed E-state index contributed by atoms with van der Waals surface area (Å²) in [5.41, 5.74) is 3.62. The fourth-order valence-corrected chi connectivity index (χ4v) is 2.13. The topological polar surface area (TPSA) is 12.9 Å². The van der Waals surface area contributed by atoms with E-state index in [1.807, 2.05) is 30.6 Å². The zero-order chi connectivity index (χ0) is 12.9. The second-order valence-electron chi connectivity index (χ2n) is 4.38. The van der Waals surface area contributed by atoms with Crippen LogP contribution in [0.25, 0.3) is 11.6 Å². The van der Waals surface area contributed by atoms with Crippen LogP contribution in [0, 0.1) is 31.6 Å². The third kappa shape index (κ3) is 2.93. The van der Waals surface area contributed by atoms with E-state index in [0.717, 1.165) is 5.56 Å². The van der Waals surface area contributed by atoms with Gasteiger partial charge in [-0.3, -0.25) is 4.98 Å². The van der Waals surface area contributed by atoms with Gasteiger partial charge in [-0.2, -0.15) is 0 Å². The van der Waals surface area contributed by atoms with Gasteiger partial charge < -0.3 is 0 Å². The zero-order valence-corrected chi connectivity index (χ0v) is 10.5. The normalized spacial score (nSPS) is 16.7. The van der Waals surface area contributed by atoms with Crippen LogP contribution in [0.4, 0.5) is 0 Å². The largest absolute Gasteiger partial charge is 0.265 e. The van der Waals surface area contributed by atoms with Crippen molar-refractivity contribution in [3.8, 4) is 0 Å². The van der Waals surface area contributed by atoms with Gasteiger partial charge in [-0.15, -0.1) is 0 Å². The Morgan fingerprint density at radius 2 is 1.53 bits per heavy atom. The molecule has 0 saturated heterocycles. The molecule has 5 radical (unpaired) electrons. The Morgan fingerprint density at radius 3 is 2.21 bits per heavy atom. The van der Waals surface area contributed by atoms with E-state index in [-0.39, 0.29) is 0 Å². The van der Waals surface area contributed by atoms with Gasteiger partial charge in [0.25, 0.3) is 0 Å². The van der Waals surface area contributed by atoms with Crippen LogP contribution in [0.5, 0.6) is 0 Å². The Bertz CT molecular complexity index is 536. The lowest BCUT2D eigenvalue weighted by molar-refractivity contribution is 1.32. The Kier molecular flexibility index (Phi) is 3.73. The van der Waals surface area contributed by atoms with Gasteiger partial charge in [-0.25, -0.2) is 0 Å². The molecule has 1 aliphatic carbocycles. The number of pyridine rings is 1. The quantitative estimate of drug-likeness (QED) is 0.794. The first-order valence-electron chi connectivity index (χ1n) is 6.33. The summed E-state index contributed by atoms with van der Waals surface area (Å²) in [5, 5.41) is 0. The van der Waals surface area contributed by atoms with E-state index in [4.69, 9.17) is 0 Å². The highest BCUT2D eigenvalue weighted by Gasteiger charge is 2.22. The summed E-state index contributed by atoms with van der Waals surface area (Å²) < 4.78 is 0. The highest BCUT2D eigenvalue weighted by Crippen LogP contribution is 2.37. The molecule has 1 aromatic carbocycles. The minimum atomic E-state index is 1.16. The number of aromatic nitrogens is 1. The number of nitrogens with zero attached hydrogens (tertiary/aromatic N) is 1. The fraction of sp³-hybridized carbons (Fsp3) is 0. The molecule has 0 bridgehead atoms. The second-order valence-corrected chi connectivity index (χ2v) is 4.38. The maximum absolute atomic E-state index is 4.06. The minimum absolute atomic E-state index is 1.16. The predicted molar refractivity (Wildman–Crippen MR) is 79.0 cm³/mol. The standard InChI is InChI=1S/C18H14N/c1-2-6-16(7-3-1)18(17-8-4-5-9-17)14-15-10-12-19-13-11-15/h1-14H/b18-14+. The maximum atomic E-state index is 4.06. The van der Waals surface area contributed by atoms with Crippen molar-refractivity contribution in [2.24, 2.45) is 0 Å². The van der Waals surface area contributed by atoms with Crippen molar-refractivity contribution < 1.29 is 0 Å². The van der Waals surface area contributed by atoms with E-state index in [1.165, 1.54) is 17.1 Å².